The number of ketones is 1. The molecule has 3 rings (SSSR count). The molecule has 0 unspecified atom stereocenters. The number of aromatic nitrogens is 1. The number of nitriles is 1. The third-order valence-electron chi connectivity index (χ3n) is 5.41. The van der Waals surface area contributed by atoms with Crippen LogP contribution in [0.15, 0.2) is 59.5 Å². The highest BCUT2D eigenvalue weighted by atomic mass is 19.1. The summed E-state index contributed by atoms with van der Waals surface area (Å²) in [5.41, 5.74) is 1.49. The molecule has 0 aliphatic carbocycles. The van der Waals surface area contributed by atoms with Crippen molar-refractivity contribution in [3.8, 4) is 11.8 Å². The minimum absolute atomic E-state index is 0.00661. The first-order valence-electron chi connectivity index (χ1n) is 10.8. The molecule has 0 aliphatic rings. The van der Waals surface area contributed by atoms with Gasteiger partial charge in [0, 0.05) is 25.4 Å². The standard InChI is InChI=1S/C27H27FN2O4/c1-27(2,3)21-7-5-18(6-8-21)17-34-24-10-9-22(28)14-23(24)25(31)20-13-19(15-29)26(32)30(16-20)11-12-33-4/h5-10,13-14,16H,11-12,17H2,1-4H3. The van der Waals surface area contributed by atoms with E-state index < -0.39 is 17.2 Å². The number of benzene rings is 2. The maximum absolute atomic E-state index is 14.1. The second kappa shape index (κ2) is 10.4. The Morgan fingerprint density at radius 2 is 1.82 bits per heavy atom. The molecule has 7 heteroatoms. The van der Waals surface area contributed by atoms with Crippen LogP contribution >= 0.6 is 0 Å². The Balaban J connectivity index is 1.91. The molecular weight excluding hydrogens is 435 g/mol. The Hall–Kier alpha value is -3.76. The van der Waals surface area contributed by atoms with Gasteiger partial charge in [-0.2, -0.15) is 5.26 Å². The van der Waals surface area contributed by atoms with Crippen molar-refractivity contribution in [3.63, 3.8) is 0 Å². The molecule has 0 spiro atoms. The van der Waals surface area contributed by atoms with Crippen molar-refractivity contribution in [1.29, 1.82) is 5.26 Å². The van der Waals surface area contributed by atoms with Crippen LogP contribution in [0, 0.1) is 17.1 Å². The summed E-state index contributed by atoms with van der Waals surface area (Å²) in [6.07, 6.45) is 1.35. The summed E-state index contributed by atoms with van der Waals surface area (Å²) in [5, 5.41) is 9.33. The molecule has 1 aromatic heterocycles. The van der Waals surface area contributed by atoms with Crippen molar-refractivity contribution in [2.75, 3.05) is 13.7 Å². The average Bonchev–Trinajstić information content (AvgIpc) is 2.81. The fourth-order valence-electron chi connectivity index (χ4n) is 3.42. The topological polar surface area (TPSA) is 81.3 Å². The summed E-state index contributed by atoms with van der Waals surface area (Å²) in [6.45, 7) is 6.97. The number of methoxy groups -OCH3 is 1. The van der Waals surface area contributed by atoms with Crippen LogP contribution < -0.4 is 10.3 Å². The van der Waals surface area contributed by atoms with Gasteiger partial charge >= 0.3 is 0 Å². The molecule has 176 valence electrons. The van der Waals surface area contributed by atoms with Gasteiger partial charge in [-0.25, -0.2) is 4.39 Å². The number of carbonyl (C=O) groups is 1. The molecule has 0 N–H and O–H groups in total. The molecule has 0 aliphatic heterocycles. The SMILES string of the molecule is COCCn1cc(C(=O)c2cc(F)ccc2OCc2ccc(C(C)(C)C)cc2)cc(C#N)c1=O. The average molecular weight is 463 g/mol. The van der Waals surface area contributed by atoms with Crippen LogP contribution in [-0.2, 0) is 23.3 Å². The zero-order valence-electron chi connectivity index (χ0n) is 19.7. The van der Waals surface area contributed by atoms with Gasteiger partial charge in [0.15, 0.2) is 5.78 Å². The van der Waals surface area contributed by atoms with Crippen molar-refractivity contribution >= 4 is 5.78 Å². The van der Waals surface area contributed by atoms with Crippen molar-refractivity contribution < 1.29 is 18.7 Å². The van der Waals surface area contributed by atoms with Crippen molar-refractivity contribution in [2.24, 2.45) is 0 Å². The molecule has 0 radical (unpaired) electrons. The van der Waals surface area contributed by atoms with Crippen LogP contribution in [0.3, 0.4) is 0 Å². The number of halogens is 1. The van der Waals surface area contributed by atoms with Gasteiger partial charge in [0.25, 0.3) is 5.56 Å². The van der Waals surface area contributed by atoms with Gasteiger partial charge < -0.3 is 14.0 Å². The van der Waals surface area contributed by atoms with Gasteiger partial charge in [-0.3, -0.25) is 9.59 Å². The van der Waals surface area contributed by atoms with Crippen molar-refractivity contribution in [3.05, 3.63) is 98.7 Å². The highest BCUT2D eigenvalue weighted by Gasteiger charge is 2.19. The van der Waals surface area contributed by atoms with Gasteiger partial charge in [0.05, 0.1) is 12.2 Å². The van der Waals surface area contributed by atoms with E-state index in [0.717, 1.165) is 11.6 Å². The fraction of sp³-hybridized carbons (Fsp3) is 0.296. The molecule has 2 aromatic carbocycles. The number of nitrogens with zero attached hydrogens (tertiary/aromatic N) is 2. The molecule has 0 bridgehead atoms. The number of hydrogen-bond donors (Lipinski definition) is 0. The molecule has 6 nitrogen and oxygen atoms in total. The maximum Gasteiger partial charge on any atom is 0.268 e. The lowest BCUT2D eigenvalue weighted by atomic mass is 9.87. The van der Waals surface area contributed by atoms with E-state index in [4.69, 9.17) is 9.47 Å². The molecule has 0 fully saturated rings. The van der Waals surface area contributed by atoms with Gasteiger partial charge in [0.1, 0.15) is 29.8 Å². The molecule has 34 heavy (non-hydrogen) atoms. The van der Waals surface area contributed by atoms with Crippen LogP contribution in [-0.4, -0.2) is 24.1 Å². The van der Waals surface area contributed by atoms with E-state index in [1.807, 2.05) is 30.3 Å². The normalized spacial score (nSPS) is 11.2. The van der Waals surface area contributed by atoms with Crippen LogP contribution in [0.2, 0.25) is 0 Å². The lowest BCUT2D eigenvalue weighted by molar-refractivity contribution is 0.103. The number of hydrogen-bond acceptors (Lipinski definition) is 5. The summed E-state index contributed by atoms with van der Waals surface area (Å²) in [7, 11) is 1.48. The van der Waals surface area contributed by atoms with Crippen molar-refractivity contribution in [1.82, 2.24) is 4.57 Å². The lowest BCUT2D eigenvalue weighted by Crippen LogP contribution is -2.25. The van der Waals surface area contributed by atoms with Crippen LogP contribution in [0.5, 0.6) is 5.75 Å². The van der Waals surface area contributed by atoms with E-state index in [0.29, 0.717) is 0 Å². The summed E-state index contributed by atoms with van der Waals surface area (Å²) in [4.78, 5) is 25.7. The van der Waals surface area contributed by atoms with E-state index in [-0.39, 0.29) is 47.6 Å². The maximum atomic E-state index is 14.1. The molecule has 3 aromatic rings. The Labute approximate surface area is 198 Å². The third-order valence-corrected chi connectivity index (χ3v) is 5.41. The lowest BCUT2D eigenvalue weighted by Gasteiger charge is -2.19. The zero-order valence-corrected chi connectivity index (χ0v) is 19.7. The zero-order chi connectivity index (χ0) is 24.9. The number of ether oxygens (including phenoxy) is 2. The summed E-state index contributed by atoms with van der Waals surface area (Å²) >= 11 is 0. The highest BCUT2D eigenvalue weighted by molar-refractivity contribution is 6.10. The van der Waals surface area contributed by atoms with Crippen LogP contribution in [0.25, 0.3) is 0 Å². The number of pyridine rings is 1. The largest absolute Gasteiger partial charge is 0.488 e. The van der Waals surface area contributed by atoms with Gasteiger partial charge in [-0.1, -0.05) is 45.0 Å². The molecule has 0 saturated heterocycles. The van der Waals surface area contributed by atoms with Crippen LogP contribution in [0.1, 0.15) is 53.4 Å². The highest BCUT2D eigenvalue weighted by Crippen LogP contribution is 2.26. The Morgan fingerprint density at radius 1 is 1.12 bits per heavy atom. The van der Waals surface area contributed by atoms with E-state index in [1.165, 1.54) is 41.6 Å². The quantitative estimate of drug-likeness (QED) is 0.457. The first-order chi connectivity index (χ1) is 16.1. The second-order valence-electron chi connectivity index (χ2n) is 8.95. The molecular formula is C27H27FN2O4. The summed E-state index contributed by atoms with van der Waals surface area (Å²) in [6, 6.07) is 14.7. The van der Waals surface area contributed by atoms with Gasteiger partial charge in [-0.15, -0.1) is 0 Å². The first kappa shape index (κ1) is 24.9. The Morgan fingerprint density at radius 3 is 2.44 bits per heavy atom. The van der Waals surface area contributed by atoms with E-state index >= 15 is 0 Å². The molecule has 1 heterocycles. The minimum atomic E-state index is -0.599. The van der Waals surface area contributed by atoms with Gasteiger partial charge in [0.2, 0.25) is 0 Å². The number of rotatable bonds is 8. The predicted molar refractivity (Wildman–Crippen MR) is 127 cm³/mol. The Kier molecular flexibility index (Phi) is 7.64. The fourth-order valence-corrected chi connectivity index (χ4v) is 3.42. The van der Waals surface area contributed by atoms with Gasteiger partial charge in [-0.05, 0) is 40.8 Å². The second-order valence-corrected chi connectivity index (χ2v) is 8.95. The summed E-state index contributed by atoms with van der Waals surface area (Å²) < 4.78 is 26.2. The van der Waals surface area contributed by atoms with Crippen LogP contribution in [0.4, 0.5) is 4.39 Å². The minimum Gasteiger partial charge on any atom is -0.488 e. The molecule has 0 amide bonds. The Bertz CT molecular complexity index is 1280. The summed E-state index contributed by atoms with van der Waals surface area (Å²) in [5.74, 6) is -0.946. The van der Waals surface area contributed by atoms with E-state index in [1.54, 1.807) is 0 Å². The smallest absolute Gasteiger partial charge is 0.268 e. The molecule has 0 atom stereocenters. The van der Waals surface area contributed by atoms with E-state index in [2.05, 4.69) is 20.8 Å². The monoisotopic (exact) mass is 462 g/mol. The predicted octanol–water partition coefficient (Wildman–Crippen LogP) is 4.61. The first-order valence-corrected chi connectivity index (χ1v) is 10.8. The third kappa shape index (κ3) is 5.77. The van der Waals surface area contributed by atoms with Crippen molar-refractivity contribution in [2.45, 2.75) is 39.3 Å². The van der Waals surface area contributed by atoms with E-state index in [9.17, 15) is 19.2 Å². The number of carbonyl (C=O) groups excluding carboxylic acids is 1. The molecule has 0 saturated carbocycles.